The second kappa shape index (κ2) is 3.84. The summed E-state index contributed by atoms with van der Waals surface area (Å²) in [4.78, 5) is 15.5. The first kappa shape index (κ1) is 10.8. The Bertz CT molecular complexity index is 461. The predicted octanol–water partition coefficient (Wildman–Crippen LogP) is 1.12. The Morgan fingerprint density at radius 2 is 2.18 bits per heavy atom. The second-order valence-corrected chi connectivity index (χ2v) is 5.11. The summed E-state index contributed by atoms with van der Waals surface area (Å²) in [7, 11) is 0. The molecule has 3 rings (SSSR count). The Morgan fingerprint density at radius 3 is 2.82 bits per heavy atom. The molecule has 1 aliphatic carbocycles. The van der Waals surface area contributed by atoms with Crippen LogP contribution in [0.4, 0.5) is 0 Å². The van der Waals surface area contributed by atoms with Gasteiger partial charge in [-0.15, -0.1) is 0 Å². The minimum Gasteiger partial charge on any atom is -0.476 e. The maximum atomic E-state index is 11.2. The summed E-state index contributed by atoms with van der Waals surface area (Å²) in [5.74, 6) is 0.430. The van der Waals surface area contributed by atoms with E-state index in [9.17, 15) is 9.90 Å². The lowest BCUT2D eigenvalue weighted by molar-refractivity contribution is 0.0689. The molecule has 3 N–H and O–H groups in total. The number of carbonyl (C=O) groups is 1. The molecule has 92 valence electrons. The molecular weight excluding hydrogens is 218 g/mol. The number of imidazole rings is 1. The number of nitrogens with zero attached hydrogens (tertiary/aromatic N) is 2. The number of carboxylic acids is 1. The lowest BCUT2D eigenvalue weighted by atomic mass is 9.80. The van der Waals surface area contributed by atoms with Gasteiger partial charge in [0.05, 0.1) is 5.69 Å². The molecule has 0 unspecified atom stereocenters. The third-order valence-corrected chi connectivity index (χ3v) is 3.89. The molecule has 1 fully saturated rings. The van der Waals surface area contributed by atoms with Crippen molar-refractivity contribution in [1.82, 2.24) is 9.55 Å². The van der Waals surface area contributed by atoms with Crippen LogP contribution >= 0.6 is 0 Å². The molecule has 5 nitrogen and oxygen atoms in total. The number of aromatic carboxylic acids is 1. The Labute approximate surface area is 99.6 Å². The summed E-state index contributed by atoms with van der Waals surface area (Å²) < 4.78 is 2.13. The van der Waals surface area contributed by atoms with E-state index in [4.69, 9.17) is 5.73 Å². The average molecular weight is 235 g/mol. The van der Waals surface area contributed by atoms with Gasteiger partial charge in [0.15, 0.2) is 5.69 Å². The van der Waals surface area contributed by atoms with E-state index < -0.39 is 5.97 Å². The van der Waals surface area contributed by atoms with Crippen molar-refractivity contribution in [3.63, 3.8) is 0 Å². The SMILES string of the molecule is NC1CC(c2nc(C(=O)O)c3n2CCCC3)C1. The van der Waals surface area contributed by atoms with E-state index in [1.807, 2.05) is 0 Å². The number of fused-ring (bicyclic) bond motifs is 1. The molecule has 0 saturated heterocycles. The minimum absolute atomic E-state index is 0.264. The molecule has 1 aromatic rings. The predicted molar refractivity (Wildman–Crippen MR) is 62.1 cm³/mol. The van der Waals surface area contributed by atoms with Crippen LogP contribution in [-0.2, 0) is 13.0 Å². The molecule has 17 heavy (non-hydrogen) atoms. The second-order valence-electron chi connectivity index (χ2n) is 5.11. The molecule has 2 aliphatic rings. The van der Waals surface area contributed by atoms with E-state index in [1.165, 1.54) is 0 Å². The third kappa shape index (κ3) is 1.65. The quantitative estimate of drug-likeness (QED) is 0.805. The molecule has 5 heteroatoms. The standard InChI is InChI=1S/C12H17N3O2/c13-8-5-7(6-8)11-14-10(12(16)17)9-3-1-2-4-15(9)11/h7-8H,1-6,13H2,(H,16,17). The fourth-order valence-electron chi connectivity index (χ4n) is 2.93. The van der Waals surface area contributed by atoms with Gasteiger partial charge in [0.1, 0.15) is 5.82 Å². The van der Waals surface area contributed by atoms with Crippen molar-refractivity contribution in [2.75, 3.05) is 0 Å². The van der Waals surface area contributed by atoms with Crippen LogP contribution in [0.2, 0.25) is 0 Å². The van der Waals surface area contributed by atoms with Crippen LogP contribution < -0.4 is 5.73 Å². The highest BCUT2D eigenvalue weighted by Crippen LogP contribution is 2.37. The van der Waals surface area contributed by atoms with E-state index in [2.05, 4.69) is 9.55 Å². The zero-order valence-electron chi connectivity index (χ0n) is 9.72. The fraction of sp³-hybridized carbons (Fsp3) is 0.667. The highest BCUT2D eigenvalue weighted by Gasteiger charge is 2.34. The summed E-state index contributed by atoms with van der Waals surface area (Å²) in [6.07, 6.45) is 4.90. The molecule has 2 heterocycles. The Balaban J connectivity index is 2.00. The highest BCUT2D eigenvalue weighted by atomic mass is 16.4. The number of rotatable bonds is 2. The Hall–Kier alpha value is -1.36. The van der Waals surface area contributed by atoms with Gasteiger partial charge in [0, 0.05) is 18.5 Å². The van der Waals surface area contributed by atoms with Crippen LogP contribution in [-0.4, -0.2) is 26.7 Å². The molecule has 0 atom stereocenters. The maximum absolute atomic E-state index is 11.2. The summed E-state index contributed by atoms with van der Waals surface area (Å²) in [5.41, 5.74) is 6.98. The molecule has 0 bridgehead atoms. The zero-order valence-corrected chi connectivity index (χ0v) is 9.72. The summed E-state index contributed by atoms with van der Waals surface area (Å²) in [6.45, 7) is 0.913. The number of carboxylic acid groups (broad SMARTS) is 1. The van der Waals surface area contributed by atoms with Crippen LogP contribution in [0, 0.1) is 0 Å². The Morgan fingerprint density at radius 1 is 1.41 bits per heavy atom. The Kier molecular flexibility index (Phi) is 2.43. The zero-order chi connectivity index (χ0) is 12.0. The van der Waals surface area contributed by atoms with Crippen molar-refractivity contribution in [2.24, 2.45) is 5.73 Å². The number of aromatic nitrogens is 2. The van der Waals surface area contributed by atoms with Crippen molar-refractivity contribution in [3.8, 4) is 0 Å². The van der Waals surface area contributed by atoms with E-state index in [1.54, 1.807) is 0 Å². The van der Waals surface area contributed by atoms with Gasteiger partial charge in [-0.2, -0.15) is 0 Å². The topological polar surface area (TPSA) is 81.1 Å². The lowest BCUT2D eigenvalue weighted by Gasteiger charge is -2.33. The summed E-state index contributed by atoms with van der Waals surface area (Å²) >= 11 is 0. The first-order chi connectivity index (χ1) is 8.16. The maximum Gasteiger partial charge on any atom is 0.356 e. The van der Waals surface area contributed by atoms with Gasteiger partial charge >= 0.3 is 5.97 Å². The first-order valence-corrected chi connectivity index (χ1v) is 6.25. The summed E-state index contributed by atoms with van der Waals surface area (Å²) in [5, 5.41) is 9.18. The average Bonchev–Trinajstić information content (AvgIpc) is 2.64. The van der Waals surface area contributed by atoms with Crippen LogP contribution in [0.3, 0.4) is 0 Å². The van der Waals surface area contributed by atoms with Crippen LogP contribution in [0.15, 0.2) is 0 Å². The highest BCUT2D eigenvalue weighted by molar-refractivity contribution is 5.87. The molecule has 0 amide bonds. The molecule has 1 aliphatic heterocycles. The van der Waals surface area contributed by atoms with Crippen molar-refractivity contribution < 1.29 is 9.90 Å². The minimum atomic E-state index is -0.898. The lowest BCUT2D eigenvalue weighted by Crippen LogP contribution is -2.36. The van der Waals surface area contributed by atoms with Gasteiger partial charge in [0.2, 0.25) is 0 Å². The number of nitrogens with two attached hydrogens (primary N) is 1. The normalized spacial score (nSPS) is 27.4. The van der Waals surface area contributed by atoms with Gasteiger partial charge in [-0.25, -0.2) is 9.78 Å². The fourth-order valence-corrected chi connectivity index (χ4v) is 2.93. The van der Waals surface area contributed by atoms with Crippen molar-refractivity contribution in [3.05, 3.63) is 17.2 Å². The van der Waals surface area contributed by atoms with Crippen molar-refractivity contribution >= 4 is 5.97 Å². The third-order valence-electron chi connectivity index (χ3n) is 3.89. The van der Waals surface area contributed by atoms with Crippen LogP contribution in [0.25, 0.3) is 0 Å². The monoisotopic (exact) mass is 235 g/mol. The van der Waals surface area contributed by atoms with Gasteiger partial charge in [-0.1, -0.05) is 0 Å². The van der Waals surface area contributed by atoms with E-state index >= 15 is 0 Å². The molecule has 1 aromatic heterocycles. The van der Waals surface area contributed by atoms with Crippen molar-refractivity contribution in [1.29, 1.82) is 0 Å². The van der Waals surface area contributed by atoms with E-state index in [0.29, 0.717) is 5.92 Å². The first-order valence-electron chi connectivity index (χ1n) is 6.25. The largest absolute Gasteiger partial charge is 0.476 e. The molecule has 0 radical (unpaired) electrons. The smallest absolute Gasteiger partial charge is 0.356 e. The summed E-state index contributed by atoms with van der Waals surface area (Å²) in [6, 6.07) is 0.268. The van der Waals surface area contributed by atoms with Gasteiger partial charge < -0.3 is 15.4 Å². The van der Waals surface area contributed by atoms with Gasteiger partial charge in [-0.05, 0) is 32.1 Å². The number of hydrogen-bond donors (Lipinski definition) is 2. The van der Waals surface area contributed by atoms with Gasteiger partial charge in [-0.3, -0.25) is 0 Å². The molecular formula is C12H17N3O2. The van der Waals surface area contributed by atoms with Crippen molar-refractivity contribution in [2.45, 2.75) is 50.6 Å². The molecule has 1 saturated carbocycles. The van der Waals surface area contributed by atoms with Gasteiger partial charge in [0.25, 0.3) is 0 Å². The molecule has 0 aromatic carbocycles. The van der Waals surface area contributed by atoms with E-state index in [-0.39, 0.29) is 11.7 Å². The number of hydrogen-bond acceptors (Lipinski definition) is 3. The molecule has 0 spiro atoms. The van der Waals surface area contributed by atoms with Crippen LogP contribution in [0.1, 0.15) is 53.6 Å². The van der Waals surface area contributed by atoms with Crippen LogP contribution in [0.5, 0.6) is 0 Å². The van der Waals surface area contributed by atoms with E-state index in [0.717, 1.165) is 50.2 Å².